The van der Waals surface area contributed by atoms with Crippen LogP contribution in [0.15, 0.2) is 47.4 Å². The Morgan fingerprint density at radius 1 is 0.958 bits per heavy atom. The van der Waals surface area contributed by atoms with Crippen LogP contribution >= 0.6 is 11.6 Å². The predicted octanol–water partition coefficient (Wildman–Crippen LogP) is 2.52. The van der Waals surface area contributed by atoms with Crippen LogP contribution in [0.25, 0.3) is 0 Å². The zero-order chi connectivity index (χ0) is 18.0. The first-order valence-electron chi connectivity index (χ1n) is 6.55. The van der Waals surface area contributed by atoms with E-state index in [2.05, 4.69) is 9.44 Å². The van der Waals surface area contributed by atoms with Crippen LogP contribution in [0.4, 0.5) is 11.4 Å². The summed E-state index contributed by atoms with van der Waals surface area (Å²) in [6.07, 6.45) is 1.00. The standard InChI is InChI=1S/C14H15ClN2O5S2/c1-22-14-9-11(5-8-13(14)17-23(2,18)19)16-24(20,21)12-6-3-10(15)4-7-12/h3-9,16-17H,1-2H3. The number of nitrogens with one attached hydrogen (secondary N) is 2. The summed E-state index contributed by atoms with van der Waals surface area (Å²) in [6.45, 7) is 0. The van der Waals surface area contributed by atoms with Crippen LogP contribution in [0.2, 0.25) is 5.02 Å². The molecule has 0 aliphatic carbocycles. The van der Waals surface area contributed by atoms with Crippen LogP contribution in [0.5, 0.6) is 5.75 Å². The van der Waals surface area contributed by atoms with Crippen molar-refractivity contribution < 1.29 is 21.6 Å². The summed E-state index contributed by atoms with van der Waals surface area (Å²) < 4.78 is 57.0. The number of anilines is 2. The van der Waals surface area contributed by atoms with Crippen molar-refractivity contribution in [1.29, 1.82) is 0 Å². The maximum atomic E-state index is 12.3. The molecule has 0 saturated heterocycles. The zero-order valence-electron chi connectivity index (χ0n) is 12.8. The lowest BCUT2D eigenvalue weighted by Gasteiger charge is -2.13. The first-order valence-corrected chi connectivity index (χ1v) is 10.3. The fourth-order valence-electron chi connectivity index (χ4n) is 1.87. The summed E-state index contributed by atoms with van der Waals surface area (Å²) in [5.74, 6) is 0.178. The number of ether oxygens (including phenoxy) is 1. The summed E-state index contributed by atoms with van der Waals surface area (Å²) in [5, 5.41) is 0.423. The normalized spacial score (nSPS) is 11.8. The van der Waals surface area contributed by atoms with E-state index in [4.69, 9.17) is 16.3 Å². The second-order valence-corrected chi connectivity index (χ2v) is 8.72. The molecule has 10 heteroatoms. The number of hydrogen-bond donors (Lipinski definition) is 2. The molecule has 0 heterocycles. The smallest absolute Gasteiger partial charge is 0.261 e. The largest absolute Gasteiger partial charge is 0.494 e. The van der Waals surface area contributed by atoms with Gasteiger partial charge in [0.15, 0.2) is 0 Å². The lowest BCUT2D eigenvalue weighted by molar-refractivity contribution is 0.417. The number of benzene rings is 2. The number of methoxy groups -OCH3 is 1. The van der Waals surface area contributed by atoms with Crippen molar-refractivity contribution in [2.45, 2.75) is 4.90 Å². The van der Waals surface area contributed by atoms with Crippen molar-refractivity contribution >= 4 is 43.0 Å². The van der Waals surface area contributed by atoms with E-state index >= 15 is 0 Å². The summed E-state index contributed by atoms with van der Waals surface area (Å²) in [4.78, 5) is 0.0456. The lowest BCUT2D eigenvalue weighted by atomic mass is 10.2. The van der Waals surface area contributed by atoms with E-state index in [0.717, 1.165) is 6.26 Å². The Morgan fingerprint density at radius 2 is 1.58 bits per heavy atom. The van der Waals surface area contributed by atoms with Gasteiger partial charge in [-0.15, -0.1) is 0 Å². The molecule has 0 radical (unpaired) electrons. The molecule has 2 rings (SSSR count). The van der Waals surface area contributed by atoms with E-state index in [1.165, 1.54) is 49.6 Å². The third-order valence-corrected chi connectivity index (χ3v) is 5.11. The zero-order valence-corrected chi connectivity index (χ0v) is 15.2. The fraction of sp³-hybridized carbons (Fsp3) is 0.143. The molecule has 130 valence electrons. The maximum Gasteiger partial charge on any atom is 0.261 e. The van der Waals surface area contributed by atoms with Gasteiger partial charge < -0.3 is 4.74 Å². The molecule has 24 heavy (non-hydrogen) atoms. The van der Waals surface area contributed by atoms with E-state index in [1.54, 1.807) is 0 Å². The Kier molecular flexibility index (Phi) is 5.26. The Morgan fingerprint density at radius 3 is 2.12 bits per heavy atom. The molecule has 0 atom stereocenters. The Balaban J connectivity index is 2.31. The maximum absolute atomic E-state index is 12.3. The Hall–Kier alpha value is -1.97. The Labute approximate surface area is 145 Å². The molecule has 0 fully saturated rings. The number of sulfonamides is 2. The lowest BCUT2D eigenvalue weighted by Crippen LogP contribution is -2.14. The predicted molar refractivity (Wildman–Crippen MR) is 93.7 cm³/mol. The van der Waals surface area contributed by atoms with E-state index in [-0.39, 0.29) is 22.0 Å². The topological polar surface area (TPSA) is 102 Å². The summed E-state index contributed by atoms with van der Waals surface area (Å²) in [5.41, 5.74) is 0.426. The number of hydrogen-bond acceptors (Lipinski definition) is 5. The highest BCUT2D eigenvalue weighted by Gasteiger charge is 2.16. The van der Waals surface area contributed by atoms with Gasteiger partial charge in [0.1, 0.15) is 5.75 Å². The SMILES string of the molecule is COc1cc(NS(=O)(=O)c2ccc(Cl)cc2)ccc1NS(C)(=O)=O. The first kappa shape index (κ1) is 18.4. The fourth-order valence-corrected chi connectivity index (χ4v) is 3.61. The number of rotatable bonds is 6. The monoisotopic (exact) mass is 390 g/mol. The van der Waals surface area contributed by atoms with Crippen molar-refractivity contribution in [3.63, 3.8) is 0 Å². The van der Waals surface area contributed by atoms with E-state index in [0.29, 0.717) is 5.02 Å². The van der Waals surface area contributed by atoms with Gasteiger partial charge >= 0.3 is 0 Å². The second-order valence-electron chi connectivity index (χ2n) is 4.85. The van der Waals surface area contributed by atoms with Gasteiger partial charge in [0.25, 0.3) is 10.0 Å². The molecule has 0 aliphatic heterocycles. The first-order chi connectivity index (χ1) is 11.1. The van der Waals surface area contributed by atoms with Crippen LogP contribution in [0, 0.1) is 0 Å². The quantitative estimate of drug-likeness (QED) is 0.789. The van der Waals surface area contributed by atoms with Gasteiger partial charge in [0.05, 0.1) is 29.6 Å². The van der Waals surface area contributed by atoms with Crippen LogP contribution < -0.4 is 14.2 Å². The molecule has 0 aliphatic rings. The van der Waals surface area contributed by atoms with Crippen LogP contribution in [-0.2, 0) is 20.0 Å². The van der Waals surface area contributed by atoms with Gasteiger partial charge in [0.2, 0.25) is 10.0 Å². The van der Waals surface area contributed by atoms with Crippen LogP contribution in [0.3, 0.4) is 0 Å². The Bertz CT molecular complexity index is 942. The van der Waals surface area contributed by atoms with E-state index in [9.17, 15) is 16.8 Å². The van der Waals surface area contributed by atoms with E-state index in [1.807, 2.05) is 0 Å². The molecular formula is C14H15ClN2O5S2. The molecule has 0 saturated carbocycles. The molecule has 0 unspecified atom stereocenters. The molecule has 0 amide bonds. The van der Waals surface area contributed by atoms with Crippen molar-refractivity contribution in [3.8, 4) is 5.75 Å². The summed E-state index contributed by atoms with van der Waals surface area (Å²) in [7, 11) is -5.94. The minimum absolute atomic E-state index is 0.0456. The second kappa shape index (κ2) is 6.88. The van der Waals surface area contributed by atoms with Crippen molar-refractivity contribution in [1.82, 2.24) is 0 Å². The van der Waals surface area contributed by atoms with E-state index < -0.39 is 20.0 Å². The van der Waals surface area contributed by atoms with Crippen LogP contribution in [0.1, 0.15) is 0 Å². The molecule has 2 aromatic carbocycles. The number of halogens is 1. The third-order valence-electron chi connectivity index (χ3n) is 2.87. The average molecular weight is 391 g/mol. The molecule has 0 spiro atoms. The highest BCUT2D eigenvalue weighted by Crippen LogP contribution is 2.29. The van der Waals surface area contributed by atoms with Gasteiger partial charge in [-0.2, -0.15) is 0 Å². The van der Waals surface area contributed by atoms with Gasteiger partial charge in [-0.25, -0.2) is 16.8 Å². The molecule has 2 aromatic rings. The van der Waals surface area contributed by atoms with Gasteiger partial charge in [-0.3, -0.25) is 9.44 Å². The van der Waals surface area contributed by atoms with Crippen molar-refractivity contribution in [2.24, 2.45) is 0 Å². The molecule has 7 nitrogen and oxygen atoms in total. The molecule has 2 N–H and O–H groups in total. The highest BCUT2D eigenvalue weighted by atomic mass is 35.5. The van der Waals surface area contributed by atoms with Gasteiger partial charge in [0, 0.05) is 11.1 Å². The molecular weight excluding hydrogens is 376 g/mol. The highest BCUT2D eigenvalue weighted by molar-refractivity contribution is 7.92. The average Bonchev–Trinajstić information content (AvgIpc) is 2.47. The summed E-state index contributed by atoms with van der Waals surface area (Å²) >= 11 is 5.74. The summed E-state index contributed by atoms with van der Waals surface area (Å²) in [6, 6.07) is 9.89. The van der Waals surface area contributed by atoms with Crippen molar-refractivity contribution in [3.05, 3.63) is 47.5 Å². The molecule has 0 aromatic heterocycles. The van der Waals surface area contributed by atoms with Gasteiger partial charge in [-0.05, 0) is 36.4 Å². The minimum atomic E-state index is -3.81. The third kappa shape index (κ3) is 4.76. The molecule has 0 bridgehead atoms. The minimum Gasteiger partial charge on any atom is -0.494 e. The van der Waals surface area contributed by atoms with Crippen LogP contribution in [-0.4, -0.2) is 30.2 Å². The van der Waals surface area contributed by atoms with Crippen molar-refractivity contribution in [2.75, 3.05) is 22.8 Å². The van der Waals surface area contributed by atoms with Gasteiger partial charge in [-0.1, -0.05) is 11.6 Å².